The van der Waals surface area contributed by atoms with E-state index >= 15 is 0 Å². The van der Waals surface area contributed by atoms with E-state index in [0.717, 1.165) is 6.07 Å². The Kier molecular flexibility index (Phi) is 6.02. The molecule has 1 fully saturated rings. The van der Waals surface area contributed by atoms with Gasteiger partial charge in [0.15, 0.2) is 11.5 Å². The van der Waals surface area contributed by atoms with Crippen LogP contribution in [0.4, 0.5) is 0 Å². The summed E-state index contributed by atoms with van der Waals surface area (Å²) in [4.78, 5) is 24.6. The quantitative estimate of drug-likeness (QED) is 0.272. The number of carbonyl (C=O) groups is 2. The van der Waals surface area contributed by atoms with Crippen molar-refractivity contribution in [2.24, 2.45) is 0 Å². The molecule has 1 unspecified atom stereocenters. The first-order chi connectivity index (χ1) is 17.2. The summed E-state index contributed by atoms with van der Waals surface area (Å²) in [6, 6.07) is 13.0. The Morgan fingerprint density at radius 1 is 0.944 bits per heavy atom. The van der Waals surface area contributed by atoms with Crippen LogP contribution in [-0.2, 0) is 14.3 Å². The van der Waals surface area contributed by atoms with Crippen molar-refractivity contribution in [1.29, 1.82) is 0 Å². The molecule has 1 saturated heterocycles. The summed E-state index contributed by atoms with van der Waals surface area (Å²) in [6.45, 7) is -0.692. The molecule has 11 heteroatoms. The van der Waals surface area contributed by atoms with Gasteiger partial charge in [0, 0.05) is 16.3 Å². The summed E-state index contributed by atoms with van der Waals surface area (Å²) in [6.07, 6.45) is -9.73. The average molecular weight is 498 g/mol. The number of cyclic esters (lactones) is 1. The van der Waals surface area contributed by atoms with Gasteiger partial charge in [-0.25, -0.2) is 9.59 Å². The van der Waals surface area contributed by atoms with Crippen molar-refractivity contribution in [3.63, 3.8) is 0 Å². The van der Waals surface area contributed by atoms with Crippen LogP contribution in [0.15, 0.2) is 48.5 Å². The zero-order valence-electron chi connectivity index (χ0n) is 18.5. The summed E-state index contributed by atoms with van der Waals surface area (Å²) in [7, 11) is 0. The van der Waals surface area contributed by atoms with Gasteiger partial charge in [-0.2, -0.15) is 0 Å². The van der Waals surface area contributed by atoms with Gasteiger partial charge in [0.05, 0.1) is 12.2 Å². The predicted octanol–water partition coefficient (Wildman–Crippen LogP) is 0.687. The van der Waals surface area contributed by atoms with E-state index in [-0.39, 0.29) is 27.6 Å². The molecule has 2 heterocycles. The number of aromatic hydroxyl groups is 1. The third-order valence-corrected chi connectivity index (χ3v) is 6.36. The molecule has 0 radical (unpaired) electrons. The van der Waals surface area contributed by atoms with Crippen LogP contribution in [0.2, 0.25) is 0 Å². The number of aliphatic hydroxyl groups excluding tert-OH is 4. The molecule has 6 N–H and O–H groups in total. The predicted molar refractivity (Wildman–Crippen MR) is 121 cm³/mol. The van der Waals surface area contributed by atoms with Crippen LogP contribution in [0.25, 0.3) is 21.9 Å². The minimum atomic E-state index is -1.77. The topological polar surface area (TPSA) is 183 Å². The Balaban J connectivity index is 1.76. The Morgan fingerprint density at radius 3 is 2.31 bits per heavy atom. The van der Waals surface area contributed by atoms with Gasteiger partial charge in [0.25, 0.3) is 0 Å². The molecule has 2 aliphatic heterocycles. The lowest BCUT2D eigenvalue weighted by Gasteiger charge is -2.39. The van der Waals surface area contributed by atoms with Crippen molar-refractivity contribution in [3.05, 3.63) is 59.7 Å². The summed E-state index contributed by atoms with van der Waals surface area (Å²) in [5, 5.41) is 61.2. The van der Waals surface area contributed by atoms with E-state index in [1.54, 1.807) is 36.4 Å². The lowest BCUT2D eigenvalue weighted by atomic mass is 9.88. The number of hydrogen-bond donors (Lipinski definition) is 6. The SMILES string of the molecule is O=C1OC(C(=O)O)c2cc(O)c(O[C@H]3O[C@@H](CO)[C@H](O)[C@@H](O)[C@@H]3O)c3c(-c4ccccc4)ccc1c23. The molecule has 0 saturated carbocycles. The van der Waals surface area contributed by atoms with Crippen LogP contribution in [0.3, 0.4) is 0 Å². The molecule has 0 bridgehead atoms. The standard InChI is InChI=1S/C25H22O11/c26-9-15-18(28)19(29)20(30)25(34-15)36-22-14(27)8-13-16-12(24(33)35-21(13)23(31)32)7-6-11(17(16)22)10-4-2-1-3-5-10/h1-8,15,18-21,25-30H,9H2,(H,31,32)/t15-,18-,19+,20-,21?,25+/m0/s1. The van der Waals surface area contributed by atoms with Crippen molar-refractivity contribution in [2.45, 2.75) is 36.8 Å². The van der Waals surface area contributed by atoms with Crippen molar-refractivity contribution >= 4 is 22.7 Å². The highest BCUT2D eigenvalue weighted by Crippen LogP contribution is 2.48. The van der Waals surface area contributed by atoms with E-state index in [2.05, 4.69) is 0 Å². The van der Waals surface area contributed by atoms with E-state index in [9.17, 15) is 40.2 Å². The maximum absolute atomic E-state index is 12.7. The summed E-state index contributed by atoms with van der Waals surface area (Å²) >= 11 is 0. The second-order valence-electron chi connectivity index (χ2n) is 8.53. The number of ether oxygens (including phenoxy) is 3. The number of carboxylic acids is 1. The molecule has 0 amide bonds. The van der Waals surface area contributed by atoms with Crippen LogP contribution < -0.4 is 4.74 Å². The lowest BCUT2D eigenvalue weighted by Crippen LogP contribution is -2.60. The molecule has 11 nitrogen and oxygen atoms in total. The van der Waals surface area contributed by atoms with Gasteiger partial charge in [-0.15, -0.1) is 0 Å². The summed E-state index contributed by atoms with van der Waals surface area (Å²) < 4.78 is 16.3. The van der Waals surface area contributed by atoms with Crippen molar-refractivity contribution < 1.29 is 54.4 Å². The zero-order chi connectivity index (χ0) is 25.7. The van der Waals surface area contributed by atoms with Crippen LogP contribution in [0, 0.1) is 0 Å². The van der Waals surface area contributed by atoms with Gasteiger partial charge in [0.2, 0.25) is 12.4 Å². The van der Waals surface area contributed by atoms with E-state index in [4.69, 9.17) is 14.2 Å². The molecule has 0 spiro atoms. The highest BCUT2D eigenvalue weighted by Gasteiger charge is 2.45. The van der Waals surface area contributed by atoms with Crippen LogP contribution in [0.1, 0.15) is 22.0 Å². The Bertz CT molecular complexity index is 1340. The Hall–Kier alpha value is -3.74. The molecular formula is C25H22O11. The fourth-order valence-corrected chi connectivity index (χ4v) is 4.60. The molecule has 188 valence electrons. The number of carbonyl (C=O) groups excluding carboxylic acids is 1. The number of aliphatic hydroxyl groups is 4. The fraction of sp³-hybridized carbons (Fsp3) is 0.280. The highest BCUT2D eigenvalue weighted by atomic mass is 16.7. The lowest BCUT2D eigenvalue weighted by molar-refractivity contribution is -0.277. The van der Waals surface area contributed by atoms with Crippen LogP contribution in [-0.4, -0.2) is 79.9 Å². The Labute approximate surface area is 203 Å². The maximum atomic E-state index is 12.7. The van der Waals surface area contributed by atoms with Crippen LogP contribution in [0.5, 0.6) is 11.5 Å². The fourth-order valence-electron chi connectivity index (χ4n) is 4.60. The number of aliphatic carboxylic acids is 1. The number of esters is 1. The van der Waals surface area contributed by atoms with Crippen molar-refractivity contribution in [2.75, 3.05) is 6.61 Å². The van der Waals surface area contributed by atoms with Crippen LogP contribution >= 0.6 is 0 Å². The molecule has 36 heavy (non-hydrogen) atoms. The zero-order valence-corrected chi connectivity index (χ0v) is 18.5. The number of phenolic OH excluding ortho intramolecular Hbond substituents is 1. The van der Waals surface area contributed by atoms with Gasteiger partial charge >= 0.3 is 11.9 Å². The third-order valence-electron chi connectivity index (χ3n) is 6.36. The monoisotopic (exact) mass is 498 g/mol. The molecule has 3 aromatic carbocycles. The largest absolute Gasteiger partial charge is 0.504 e. The normalized spacial score (nSPS) is 27.5. The van der Waals surface area contributed by atoms with Gasteiger partial charge in [-0.1, -0.05) is 36.4 Å². The first kappa shape index (κ1) is 24.0. The van der Waals surface area contributed by atoms with Crippen molar-refractivity contribution in [3.8, 4) is 22.6 Å². The number of phenols is 1. The second-order valence-corrected chi connectivity index (χ2v) is 8.53. The molecule has 0 aliphatic carbocycles. The first-order valence-electron chi connectivity index (χ1n) is 11.0. The smallest absolute Gasteiger partial charge is 0.349 e. The van der Waals surface area contributed by atoms with Crippen molar-refractivity contribution in [1.82, 2.24) is 0 Å². The summed E-state index contributed by atoms with van der Waals surface area (Å²) in [5.41, 5.74) is 1.16. The second kappa shape index (κ2) is 9.04. The molecule has 3 aromatic rings. The average Bonchev–Trinajstić information content (AvgIpc) is 2.88. The Morgan fingerprint density at radius 2 is 1.64 bits per heavy atom. The summed E-state index contributed by atoms with van der Waals surface area (Å²) in [5.74, 6) is -3.14. The third kappa shape index (κ3) is 3.74. The maximum Gasteiger partial charge on any atom is 0.349 e. The number of rotatable bonds is 5. The molecule has 5 rings (SSSR count). The van der Waals surface area contributed by atoms with E-state index < -0.39 is 61.1 Å². The van der Waals surface area contributed by atoms with E-state index in [0.29, 0.717) is 11.1 Å². The first-order valence-corrected chi connectivity index (χ1v) is 11.0. The van der Waals surface area contributed by atoms with Gasteiger partial charge in [-0.05, 0) is 23.3 Å². The molecule has 6 atom stereocenters. The minimum absolute atomic E-state index is 0.0172. The molecular weight excluding hydrogens is 476 g/mol. The van der Waals surface area contributed by atoms with Gasteiger partial charge in [0.1, 0.15) is 24.4 Å². The molecule has 2 aliphatic rings. The number of hydrogen-bond acceptors (Lipinski definition) is 10. The minimum Gasteiger partial charge on any atom is -0.504 e. The number of carboxylic acid groups (broad SMARTS) is 1. The molecule has 0 aromatic heterocycles. The van der Waals surface area contributed by atoms with Gasteiger partial charge < -0.3 is 44.8 Å². The van der Waals surface area contributed by atoms with Gasteiger partial charge in [-0.3, -0.25) is 0 Å². The highest BCUT2D eigenvalue weighted by molar-refractivity contribution is 6.16. The van der Waals surface area contributed by atoms with E-state index in [1.807, 2.05) is 0 Å². The number of benzene rings is 3. The van der Waals surface area contributed by atoms with E-state index in [1.165, 1.54) is 6.07 Å².